The molecule has 11 nitrogen and oxygen atoms in total. The zero-order chi connectivity index (χ0) is 31.7. The van der Waals surface area contributed by atoms with Gasteiger partial charge in [-0.2, -0.15) is 0 Å². The zero-order valence-corrected chi connectivity index (χ0v) is 25.3. The third-order valence-electron chi connectivity index (χ3n) is 8.23. The summed E-state index contributed by atoms with van der Waals surface area (Å²) < 4.78 is 25.8. The molecule has 0 unspecified atom stereocenters. The molecule has 0 aromatic heterocycles. The summed E-state index contributed by atoms with van der Waals surface area (Å²) in [6.45, 7) is 4.06. The second-order valence-electron chi connectivity index (χ2n) is 11.2. The Balaban J connectivity index is 1.37. The minimum atomic E-state index is -3.68. The SMILES string of the molecule is C=CCN1CC(=O)N2[C@@H](Cc3ccc(O)cc3)C(=O)N(CC3=CS(=O)(=O)c4ccccc43)C[C@@H]2N1C(=O)NCc1ccccc1. The molecule has 3 heterocycles. The van der Waals surface area contributed by atoms with E-state index in [0.29, 0.717) is 16.7 Å². The first-order valence-electron chi connectivity index (χ1n) is 14.6. The summed E-state index contributed by atoms with van der Waals surface area (Å²) in [6, 6.07) is 21.0. The number of hydrogen-bond acceptors (Lipinski definition) is 7. The van der Waals surface area contributed by atoms with Crippen LogP contribution in [-0.2, 0) is 32.4 Å². The molecule has 3 aliphatic rings. The molecule has 0 bridgehead atoms. The van der Waals surface area contributed by atoms with Crippen molar-refractivity contribution in [3.63, 3.8) is 0 Å². The Bertz CT molecular complexity index is 1780. The number of amides is 4. The molecule has 3 aromatic rings. The summed E-state index contributed by atoms with van der Waals surface area (Å²) in [5.41, 5.74) is 2.58. The summed E-state index contributed by atoms with van der Waals surface area (Å²) in [5.74, 6) is -0.618. The Labute approximate surface area is 261 Å². The highest BCUT2D eigenvalue weighted by molar-refractivity contribution is 7.95. The first kappa shape index (κ1) is 30.1. The minimum Gasteiger partial charge on any atom is -0.508 e. The number of phenols is 1. The lowest BCUT2D eigenvalue weighted by Crippen LogP contribution is -2.76. The van der Waals surface area contributed by atoms with Crippen LogP contribution >= 0.6 is 0 Å². The number of nitrogens with zero attached hydrogens (tertiary/aromatic N) is 4. The number of hydrazine groups is 1. The smallest absolute Gasteiger partial charge is 0.334 e. The summed E-state index contributed by atoms with van der Waals surface area (Å²) >= 11 is 0. The fraction of sp³-hybridized carbons (Fsp3) is 0.242. The maximum absolute atomic E-state index is 14.2. The van der Waals surface area contributed by atoms with Crippen molar-refractivity contribution in [3.05, 3.63) is 114 Å². The average molecular weight is 628 g/mol. The molecule has 6 rings (SSSR count). The maximum Gasteiger partial charge on any atom is 0.334 e. The number of urea groups is 1. The highest BCUT2D eigenvalue weighted by atomic mass is 32.2. The fourth-order valence-corrected chi connectivity index (χ4v) is 7.65. The molecule has 0 radical (unpaired) electrons. The van der Waals surface area contributed by atoms with Gasteiger partial charge in [-0.15, -0.1) is 6.58 Å². The van der Waals surface area contributed by atoms with Gasteiger partial charge >= 0.3 is 6.03 Å². The number of phenolic OH excluding ortho intramolecular Hbond substituents is 1. The lowest BCUT2D eigenvalue weighted by molar-refractivity contribution is -0.188. The predicted molar refractivity (Wildman–Crippen MR) is 167 cm³/mol. The normalized spacial score (nSPS) is 20.8. The molecule has 3 aliphatic heterocycles. The number of sulfone groups is 1. The second-order valence-corrected chi connectivity index (χ2v) is 13.0. The van der Waals surface area contributed by atoms with Gasteiger partial charge < -0.3 is 20.2 Å². The number of aromatic hydroxyl groups is 1. The van der Waals surface area contributed by atoms with E-state index in [-0.39, 0.29) is 61.6 Å². The number of nitrogens with one attached hydrogen (secondary N) is 1. The van der Waals surface area contributed by atoms with Crippen LogP contribution in [0.4, 0.5) is 4.79 Å². The van der Waals surface area contributed by atoms with E-state index in [1.165, 1.54) is 38.4 Å². The van der Waals surface area contributed by atoms with E-state index in [9.17, 15) is 27.9 Å². The Hall–Kier alpha value is -4.94. The topological polar surface area (TPSA) is 131 Å². The first-order chi connectivity index (χ1) is 21.7. The third kappa shape index (κ3) is 5.94. The molecule has 2 fully saturated rings. The van der Waals surface area contributed by atoms with Gasteiger partial charge in [0.05, 0.1) is 18.0 Å². The van der Waals surface area contributed by atoms with Crippen LogP contribution in [0, 0.1) is 0 Å². The molecule has 3 aromatic carbocycles. The number of carbonyl (C=O) groups excluding carboxylic acids is 3. The summed E-state index contributed by atoms with van der Waals surface area (Å²) in [7, 11) is -3.68. The van der Waals surface area contributed by atoms with E-state index in [1.54, 1.807) is 41.4 Å². The zero-order valence-electron chi connectivity index (χ0n) is 24.5. The van der Waals surface area contributed by atoms with Crippen molar-refractivity contribution in [2.75, 3.05) is 26.2 Å². The number of benzene rings is 3. The van der Waals surface area contributed by atoms with Crippen LogP contribution < -0.4 is 5.32 Å². The number of hydrogen-bond donors (Lipinski definition) is 2. The Morgan fingerprint density at radius 1 is 0.978 bits per heavy atom. The molecule has 2 saturated heterocycles. The molecular weight excluding hydrogens is 594 g/mol. The van der Waals surface area contributed by atoms with Crippen molar-refractivity contribution in [2.45, 2.75) is 30.1 Å². The molecule has 2 atom stereocenters. The van der Waals surface area contributed by atoms with Crippen molar-refractivity contribution < 1.29 is 27.9 Å². The molecule has 232 valence electrons. The van der Waals surface area contributed by atoms with E-state index in [4.69, 9.17) is 0 Å². The Morgan fingerprint density at radius 2 is 1.69 bits per heavy atom. The molecule has 0 aliphatic carbocycles. The molecule has 12 heteroatoms. The number of rotatable bonds is 8. The quantitative estimate of drug-likeness (QED) is 0.368. The predicted octanol–water partition coefficient (Wildman–Crippen LogP) is 2.76. The molecule has 0 saturated carbocycles. The summed E-state index contributed by atoms with van der Waals surface area (Å²) in [6.07, 6.45) is 0.855. The van der Waals surface area contributed by atoms with Crippen LogP contribution in [0.15, 0.2) is 102 Å². The van der Waals surface area contributed by atoms with Gasteiger partial charge in [0, 0.05) is 31.5 Å². The molecular formula is C33H33N5O6S. The van der Waals surface area contributed by atoms with E-state index in [1.807, 2.05) is 30.3 Å². The van der Waals surface area contributed by atoms with Gasteiger partial charge in [-0.25, -0.2) is 23.2 Å². The van der Waals surface area contributed by atoms with Crippen molar-refractivity contribution >= 4 is 33.3 Å². The van der Waals surface area contributed by atoms with Crippen LogP contribution in [0.25, 0.3) is 5.57 Å². The van der Waals surface area contributed by atoms with Gasteiger partial charge in [-0.1, -0.05) is 66.7 Å². The monoisotopic (exact) mass is 627 g/mol. The third-order valence-corrected chi connectivity index (χ3v) is 9.79. The highest BCUT2D eigenvalue weighted by Crippen LogP contribution is 2.35. The molecule has 4 amide bonds. The number of fused-ring (bicyclic) bond motifs is 2. The van der Waals surface area contributed by atoms with Crippen molar-refractivity contribution in [3.8, 4) is 5.75 Å². The van der Waals surface area contributed by atoms with E-state index in [2.05, 4.69) is 11.9 Å². The molecule has 0 spiro atoms. The van der Waals surface area contributed by atoms with Crippen molar-refractivity contribution in [1.29, 1.82) is 0 Å². The number of carbonyl (C=O) groups is 3. The van der Waals surface area contributed by atoms with E-state index >= 15 is 0 Å². The molecule has 2 N–H and O–H groups in total. The first-order valence-corrected chi connectivity index (χ1v) is 16.1. The van der Waals surface area contributed by atoms with Gasteiger partial charge in [0.15, 0.2) is 0 Å². The average Bonchev–Trinajstić information content (AvgIpc) is 3.29. The van der Waals surface area contributed by atoms with E-state index in [0.717, 1.165) is 5.56 Å². The van der Waals surface area contributed by atoms with Gasteiger partial charge in [0.2, 0.25) is 21.7 Å². The Kier molecular flexibility index (Phi) is 8.17. The van der Waals surface area contributed by atoms with Gasteiger partial charge in [-0.3, -0.25) is 9.59 Å². The van der Waals surface area contributed by atoms with Gasteiger partial charge in [0.1, 0.15) is 18.0 Å². The fourth-order valence-electron chi connectivity index (χ4n) is 6.18. The lowest BCUT2D eigenvalue weighted by atomic mass is 9.97. The highest BCUT2D eigenvalue weighted by Gasteiger charge is 2.51. The van der Waals surface area contributed by atoms with Crippen LogP contribution in [-0.4, -0.2) is 89.6 Å². The van der Waals surface area contributed by atoms with Crippen molar-refractivity contribution in [2.24, 2.45) is 0 Å². The summed E-state index contributed by atoms with van der Waals surface area (Å²) in [5, 5.41) is 17.0. The summed E-state index contributed by atoms with van der Waals surface area (Å²) in [4.78, 5) is 45.0. The van der Waals surface area contributed by atoms with Crippen LogP contribution in [0.2, 0.25) is 0 Å². The largest absolute Gasteiger partial charge is 0.508 e. The van der Waals surface area contributed by atoms with Crippen LogP contribution in [0.3, 0.4) is 0 Å². The van der Waals surface area contributed by atoms with E-state index < -0.39 is 28.1 Å². The Morgan fingerprint density at radius 3 is 2.42 bits per heavy atom. The molecule has 45 heavy (non-hydrogen) atoms. The van der Waals surface area contributed by atoms with Crippen molar-refractivity contribution in [1.82, 2.24) is 25.1 Å². The van der Waals surface area contributed by atoms with Crippen LogP contribution in [0.1, 0.15) is 16.7 Å². The standard InChI is InChI=1S/C33H33N5O6S/c1-2-16-36-21-31(40)37-28(17-23-12-14-26(39)15-13-23)32(41)35(19-25-22-45(43,44)29-11-7-6-10-27(25)29)20-30(37)38(36)33(42)34-18-24-8-4-3-5-9-24/h2-15,22,28,30,39H,1,16-21H2,(H,34,42)/t28-,30-/m0/s1. The van der Waals surface area contributed by atoms with Gasteiger partial charge in [0.25, 0.3) is 0 Å². The lowest BCUT2D eigenvalue weighted by Gasteiger charge is -2.55. The van der Waals surface area contributed by atoms with Gasteiger partial charge in [-0.05, 0) is 40.5 Å². The minimum absolute atomic E-state index is 0.0272. The number of piperazine rings is 1. The maximum atomic E-state index is 14.2. The second kappa shape index (κ2) is 12.2. The van der Waals surface area contributed by atoms with Crippen LogP contribution in [0.5, 0.6) is 5.75 Å².